The minimum atomic E-state index is -0.466. The normalized spacial score (nSPS) is 23.6. The number of anilines is 1. The van der Waals surface area contributed by atoms with Crippen LogP contribution < -0.4 is 4.90 Å². The van der Waals surface area contributed by atoms with Gasteiger partial charge in [-0.2, -0.15) is 4.52 Å². The van der Waals surface area contributed by atoms with Gasteiger partial charge < -0.3 is 10.0 Å². The van der Waals surface area contributed by atoms with Crippen molar-refractivity contribution in [3.63, 3.8) is 0 Å². The predicted octanol–water partition coefficient (Wildman–Crippen LogP) is 1.82. The van der Waals surface area contributed by atoms with E-state index in [0.717, 1.165) is 62.6 Å². The van der Waals surface area contributed by atoms with Gasteiger partial charge in [0.25, 0.3) is 0 Å². The molecule has 7 nitrogen and oxygen atoms in total. The number of likely N-dealkylation sites (N-methyl/N-ethyl adjacent to an activating group) is 1. The van der Waals surface area contributed by atoms with Gasteiger partial charge in [0, 0.05) is 31.6 Å². The summed E-state index contributed by atoms with van der Waals surface area (Å²) in [5, 5.41) is 24.1. The van der Waals surface area contributed by atoms with Crippen LogP contribution in [-0.2, 0) is 0 Å². The van der Waals surface area contributed by atoms with Gasteiger partial charge in [-0.1, -0.05) is 19.3 Å². The largest absolute Gasteiger partial charge is 0.389 e. The van der Waals surface area contributed by atoms with Crippen LogP contribution in [-0.4, -0.2) is 68.1 Å². The van der Waals surface area contributed by atoms with Gasteiger partial charge in [0.2, 0.25) is 0 Å². The molecule has 5 rings (SSSR count). The van der Waals surface area contributed by atoms with Crippen molar-refractivity contribution in [1.29, 1.82) is 0 Å². The van der Waals surface area contributed by atoms with Crippen molar-refractivity contribution in [2.45, 2.75) is 62.5 Å². The Morgan fingerprint density at radius 1 is 1.15 bits per heavy atom. The monoisotopic (exact) mass is 356 g/mol. The van der Waals surface area contributed by atoms with Crippen molar-refractivity contribution in [3.8, 4) is 0 Å². The second kappa shape index (κ2) is 6.16. The van der Waals surface area contributed by atoms with Crippen LogP contribution in [0, 0.1) is 0 Å². The van der Waals surface area contributed by atoms with Crippen LogP contribution >= 0.6 is 0 Å². The Kier molecular flexibility index (Phi) is 3.90. The maximum atomic E-state index is 10.6. The summed E-state index contributed by atoms with van der Waals surface area (Å²) in [5.74, 6) is 2.54. The van der Waals surface area contributed by atoms with Gasteiger partial charge in [-0.15, -0.1) is 15.3 Å². The summed E-state index contributed by atoms with van der Waals surface area (Å²) in [4.78, 5) is 4.64. The number of hydrogen-bond acceptors (Lipinski definition) is 6. The van der Waals surface area contributed by atoms with Crippen molar-refractivity contribution in [3.05, 3.63) is 18.0 Å². The molecule has 0 spiro atoms. The Morgan fingerprint density at radius 3 is 2.62 bits per heavy atom. The quantitative estimate of drug-likeness (QED) is 0.881. The van der Waals surface area contributed by atoms with Crippen LogP contribution in [0.1, 0.15) is 56.7 Å². The molecule has 0 radical (unpaired) electrons. The third-order valence-corrected chi connectivity index (χ3v) is 6.63. The van der Waals surface area contributed by atoms with E-state index in [4.69, 9.17) is 5.10 Å². The van der Waals surface area contributed by atoms with Gasteiger partial charge in [0.1, 0.15) is 5.82 Å². The van der Waals surface area contributed by atoms with Gasteiger partial charge in [0.15, 0.2) is 11.5 Å². The van der Waals surface area contributed by atoms with E-state index in [1.807, 2.05) is 10.6 Å². The van der Waals surface area contributed by atoms with E-state index in [1.54, 1.807) is 0 Å². The average molecular weight is 356 g/mol. The third kappa shape index (κ3) is 2.77. The van der Waals surface area contributed by atoms with Crippen LogP contribution in [0.15, 0.2) is 12.1 Å². The number of hydrogen-bond donors (Lipinski definition) is 1. The number of aliphatic hydroxyl groups is 1. The Labute approximate surface area is 154 Å². The van der Waals surface area contributed by atoms with Gasteiger partial charge >= 0.3 is 0 Å². The smallest absolute Gasteiger partial charge is 0.178 e. The molecule has 3 fully saturated rings. The molecule has 1 saturated heterocycles. The lowest BCUT2D eigenvalue weighted by Crippen LogP contribution is -2.61. The van der Waals surface area contributed by atoms with E-state index in [-0.39, 0.29) is 0 Å². The molecule has 2 saturated carbocycles. The Hall–Kier alpha value is -1.73. The summed E-state index contributed by atoms with van der Waals surface area (Å²) in [7, 11) is 2.14. The fourth-order valence-corrected chi connectivity index (χ4v) is 4.59. The molecule has 0 aromatic carbocycles. The zero-order valence-electron chi connectivity index (χ0n) is 15.5. The fraction of sp³-hybridized carbons (Fsp3) is 0.737. The van der Waals surface area contributed by atoms with E-state index < -0.39 is 5.60 Å². The highest BCUT2D eigenvalue weighted by Gasteiger charge is 2.37. The van der Waals surface area contributed by atoms with E-state index in [1.165, 1.54) is 19.3 Å². The maximum absolute atomic E-state index is 10.6. The Balaban J connectivity index is 1.25. The molecule has 26 heavy (non-hydrogen) atoms. The standard InChI is InChI=1S/C19H28N6O/c1-23(13-19(26)9-2-3-10-19)15-11-24(12-15)17-8-7-16-20-21-18(25(16)22-17)14-5-4-6-14/h7-8,14-15,26H,2-6,9-13H2,1H3. The second-order valence-corrected chi connectivity index (χ2v) is 8.55. The Bertz CT molecular complexity index is 788. The molecule has 3 heterocycles. The molecule has 2 aromatic rings. The minimum Gasteiger partial charge on any atom is -0.389 e. The summed E-state index contributed by atoms with van der Waals surface area (Å²) in [6.07, 6.45) is 7.90. The summed E-state index contributed by atoms with van der Waals surface area (Å²) < 4.78 is 1.94. The average Bonchev–Trinajstić information content (AvgIpc) is 3.11. The first-order valence-electron chi connectivity index (χ1n) is 10.0. The zero-order valence-corrected chi connectivity index (χ0v) is 15.5. The summed E-state index contributed by atoms with van der Waals surface area (Å²) in [5.41, 5.74) is 0.375. The van der Waals surface area contributed by atoms with Crippen LogP contribution in [0.25, 0.3) is 5.65 Å². The van der Waals surface area contributed by atoms with Gasteiger partial charge in [-0.25, -0.2) is 0 Å². The minimum absolute atomic E-state index is 0.466. The summed E-state index contributed by atoms with van der Waals surface area (Å²) in [6.45, 7) is 2.72. The van der Waals surface area contributed by atoms with Crippen LogP contribution in [0.5, 0.6) is 0 Å². The number of rotatable bonds is 5. The topological polar surface area (TPSA) is 69.8 Å². The highest BCUT2D eigenvalue weighted by molar-refractivity contribution is 5.48. The van der Waals surface area contributed by atoms with Crippen molar-refractivity contribution < 1.29 is 5.11 Å². The molecular weight excluding hydrogens is 328 g/mol. The molecule has 0 amide bonds. The molecule has 2 aliphatic carbocycles. The molecule has 1 aliphatic heterocycles. The van der Waals surface area contributed by atoms with Crippen molar-refractivity contribution in [2.24, 2.45) is 0 Å². The number of aromatic nitrogens is 4. The van der Waals surface area contributed by atoms with E-state index >= 15 is 0 Å². The molecule has 0 unspecified atom stereocenters. The summed E-state index contributed by atoms with van der Waals surface area (Å²) >= 11 is 0. The molecule has 140 valence electrons. The fourth-order valence-electron chi connectivity index (χ4n) is 4.59. The van der Waals surface area contributed by atoms with Crippen molar-refractivity contribution in [1.82, 2.24) is 24.7 Å². The van der Waals surface area contributed by atoms with Crippen LogP contribution in [0.2, 0.25) is 0 Å². The molecule has 3 aliphatic rings. The molecule has 2 aromatic heterocycles. The lowest BCUT2D eigenvalue weighted by atomic mass is 9.85. The lowest BCUT2D eigenvalue weighted by molar-refractivity contribution is 0.00181. The first-order chi connectivity index (χ1) is 12.6. The van der Waals surface area contributed by atoms with Gasteiger partial charge in [-0.3, -0.25) is 4.90 Å². The van der Waals surface area contributed by atoms with Crippen LogP contribution in [0.3, 0.4) is 0 Å². The third-order valence-electron chi connectivity index (χ3n) is 6.63. The maximum Gasteiger partial charge on any atom is 0.178 e. The van der Waals surface area contributed by atoms with E-state index in [2.05, 4.69) is 33.1 Å². The van der Waals surface area contributed by atoms with Gasteiger partial charge in [0.05, 0.1) is 5.60 Å². The molecule has 7 heteroatoms. The van der Waals surface area contributed by atoms with Crippen molar-refractivity contribution in [2.75, 3.05) is 31.6 Å². The zero-order chi connectivity index (χ0) is 17.7. The molecule has 1 N–H and O–H groups in total. The van der Waals surface area contributed by atoms with Crippen molar-refractivity contribution >= 4 is 11.5 Å². The number of fused-ring (bicyclic) bond motifs is 1. The molecule has 0 atom stereocenters. The lowest BCUT2D eigenvalue weighted by Gasteiger charge is -2.46. The number of nitrogens with zero attached hydrogens (tertiary/aromatic N) is 6. The Morgan fingerprint density at radius 2 is 1.92 bits per heavy atom. The first kappa shape index (κ1) is 16.4. The van der Waals surface area contributed by atoms with E-state index in [0.29, 0.717) is 12.0 Å². The van der Waals surface area contributed by atoms with Gasteiger partial charge in [-0.05, 0) is 44.9 Å². The highest BCUT2D eigenvalue weighted by atomic mass is 16.3. The molecule has 0 bridgehead atoms. The summed E-state index contributed by atoms with van der Waals surface area (Å²) in [6, 6.07) is 4.56. The first-order valence-corrected chi connectivity index (χ1v) is 10.0. The SMILES string of the molecule is CN(CC1(O)CCCC1)C1CN(c2ccc3nnc(C4CCC4)n3n2)C1. The second-order valence-electron chi connectivity index (χ2n) is 8.55. The van der Waals surface area contributed by atoms with E-state index in [9.17, 15) is 5.11 Å². The van der Waals surface area contributed by atoms with Crippen LogP contribution in [0.4, 0.5) is 5.82 Å². The predicted molar refractivity (Wildman–Crippen MR) is 99.4 cm³/mol. The highest BCUT2D eigenvalue weighted by Crippen LogP contribution is 2.35. The molecular formula is C19H28N6O.